The highest BCUT2D eigenvalue weighted by atomic mass is 16.8. The third-order valence-electron chi connectivity index (χ3n) is 19.5. The normalized spacial score (nSPS) is 55.3. The van der Waals surface area contributed by atoms with Gasteiger partial charge < -0.3 is 99.9 Å². The zero-order valence-corrected chi connectivity index (χ0v) is 39.8. The molecule has 0 spiro atoms. The minimum atomic E-state index is -2.10. The molecule has 12 unspecified atom stereocenters. The molecule has 7 fully saturated rings. The van der Waals surface area contributed by atoms with Crippen molar-refractivity contribution < 1.29 is 105 Å². The van der Waals surface area contributed by atoms with Crippen LogP contribution in [-0.2, 0) is 33.2 Å². The van der Waals surface area contributed by atoms with Crippen LogP contribution in [-0.4, -0.2) is 214 Å². The van der Waals surface area contributed by atoms with Crippen LogP contribution in [0.1, 0.15) is 87.0 Å². The van der Waals surface area contributed by atoms with Crippen molar-refractivity contribution in [3.63, 3.8) is 0 Å². The molecular formula is C47H76O21. The van der Waals surface area contributed by atoms with E-state index in [1.165, 1.54) is 0 Å². The Morgan fingerprint density at radius 3 is 1.76 bits per heavy atom. The van der Waals surface area contributed by atoms with E-state index >= 15 is 0 Å². The highest BCUT2D eigenvalue weighted by Gasteiger charge is 2.75. The van der Waals surface area contributed by atoms with Gasteiger partial charge in [-0.2, -0.15) is 0 Å². The second kappa shape index (κ2) is 18.1. The summed E-state index contributed by atoms with van der Waals surface area (Å²) in [5.74, 6) is -2.36. The molecule has 0 amide bonds. The first-order valence-electron chi connectivity index (χ1n) is 24.1. The Hall–Kier alpha value is -1.55. The van der Waals surface area contributed by atoms with Crippen molar-refractivity contribution in [3.8, 4) is 0 Å². The second-order valence-corrected chi connectivity index (χ2v) is 23.3. The van der Waals surface area contributed by atoms with Gasteiger partial charge in [0.15, 0.2) is 25.0 Å². The molecule has 14 N–H and O–H groups in total. The third kappa shape index (κ3) is 7.46. The number of carboxylic acids is 1. The van der Waals surface area contributed by atoms with Crippen molar-refractivity contribution in [3.05, 3.63) is 11.6 Å². The average Bonchev–Trinajstić information content (AvgIpc) is 3.55. The highest BCUT2D eigenvalue weighted by molar-refractivity contribution is 5.73. The second-order valence-electron chi connectivity index (χ2n) is 23.3. The van der Waals surface area contributed by atoms with E-state index in [0.717, 1.165) is 5.57 Å². The fourth-order valence-electron chi connectivity index (χ4n) is 15.2. The minimum absolute atomic E-state index is 0.0771. The van der Waals surface area contributed by atoms with Gasteiger partial charge in [-0.05, 0) is 77.9 Å². The number of hydrogen-bond donors (Lipinski definition) is 14. The molecule has 8 aliphatic rings. The molecule has 0 aromatic rings. The van der Waals surface area contributed by atoms with Crippen LogP contribution in [0.5, 0.6) is 0 Å². The Morgan fingerprint density at radius 1 is 0.632 bits per heavy atom. The van der Waals surface area contributed by atoms with Gasteiger partial charge >= 0.3 is 5.97 Å². The zero-order chi connectivity index (χ0) is 50.2. The first-order valence-corrected chi connectivity index (χ1v) is 24.1. The minimum Gasteiger partial charge on any atom is -0.479 e. The Balaban J connectivity index is 1.12. The van der Waals surface area contributed by atoms with E-state index in [4.69, 9.17) is 28.4 Å². The molecule has 26 atom stereocenters. The third-order valence-corrected chi connectivity index (χ3v) is 19.5. The Morgan fingerprint density at radius 2 is 1.19 bits per heavy atom. The molecule has 0 bridgehead atoms. The number of aliphatic hydroxyl groups excluding tert-OH is 13. The molecule has 0 radical (unpaired) electrons. The van der Waals surface area contributed by atoms with Gasteiger partial charge in [-0.15, -0.1) is 0 Å². The smallest absolute Gasteiger partial charge is 0.335 e. The van der Waals surface area contributed by atoms with Gasteiger partial charge in [-0.25, -0.2) is 4.79 Å². The molecule has 3 heterocycles. The molecule has 3 saturated heterocycles. The van der Waals surface area contributed by atoms with E-state index in [2.05, 4.69) is 19.9 Å². The Bertz CT molecular complexity index is 1880. The van der Waals surface area contributed by atoms with Gasteiger partial charge in [0.05, 0.1) is 55.8 Å². The van der Waals surface area contributed by atoms with Crippen LogP contribution in [0.15, 0.2) is 11.6 Å². The number of carboxylic acid groups (broad SMARTS) is 1. The van der Waals surface area contributed by atoms with Gasteiger partial charge in [-0.1, -0.05) is 60.1 Å². The SMILES string of the molecule is CC1(C)CC2C3=CCC4[C@@]5(C)CC[C@H](O[C@@H]6OC(C(=O)O)[C@@H](O)C(OC7O[C@@H](CO)C(O)C7O)C6O[C@@H]6OC(CO)[C@H](O)C(O)C6O)C(C)(C)C5CC[C@@]4(C)[C@]3(C)[C@@H](O)[C@@H](O)[C@@]2(CO)[C@@H](O)[C@@H]1O. The van der Waals surface area contributed by atoms with Gasteiger partial charge in [0.1, 0.15) is 61.0 Å². The quantitative estimate of drug-likeness (QED) is 0.0778. The summed E-state index contributed by atoms with van der Waals surface area (Å²) in [7, 11) is 0. The number of fused-ring (bicyclic) bond motifs is 7. The summed E-state index contributed by atoms with van der Waals surface area (Å²) >= 11 is 0. The summed E-state index contributed by atoms with van der Waals surface area (Å²) in [6, 6.07) is 0. The van der Waals surface area contributed by atoms with Gasteiger partial charge in [0.2, 0.25) is 0 Å². The van der Waals surface area contributed by atoms with Crippen molar-refractivity contribution in [1.82, 2.24) is 0 Å². The number of hydrogen-bond acceptors (Lipinski definition) is 20. The lowest BCUT2D eigenvalue weighted by atomic mass is 9.32. The maximum atomic E-state index is 12.8. The summed E-state index contributed by atoms with van der Waals surface area (Å²) < 4.78 is 36.2. The Labute approximate surface area is 395 Å². The van der Waals surface area contributed by atoms with E-state index in [1.54, 1.807) is 0 Å². The van der Waals surface area contributed by atoms with Gasteiger partial charge in [-0.3, -0.25) is 0 Å². The molecule has 0 aromatic carbocycles. The number of rotatable bonds is 10. The summed E-state index contributed by atoms with van der Waals surface area (Å²) in [5.41, 5.74) is -4.33. The number of allylic oxidation sites excluding steroid dienone is 1. The lowest BCUT2D eigenvalue weighted by Gasteiger charge is -2.73. The highest BCUT2D eigenvalue weighted by Crippen LogP contribution is 2.76. The zero-order valence-electron chi connectivity index (χ0n) is 39.8. The van der Waals surface area contributed by atoms with Crippen LogP contribution in [0.25, 0.3) is 0 Å². The van der Waals surface area contributed by atoms with Crippen molar-refractivity contribution in [2.75, 3.05) is 19.8 Å². The maximum Gasteiger partial charge on any atom is 0.335 e. The molecule has 3 aliphatic heterocycles. The fourth-order valence-corrected chi connectivity index (χ4v) is 15.2. The van der Waals surface area contributed by atoms with Gasteiger partial charge in [0.25, 0.3) is 0 Å². The predicted molar refractivity (Wildman–Crippen MR) is 230 cm³/mol. The predicted octanol–water partition coefficient (Wildman–Crippen LogP) is -2.77. The van der Waals surface area contributed by atoms with Crippen molar-refractivity contribution in [1.29, 1.82) is 0 Å². The summed E-state index contributed by atoms with van der Waals surface area (Å²) in [4.78, 5) is 12.8. The fraction of sp³-hybridized carbons (Fsp3) is 0.936. The number of aliphatic hydroxyl groups is 13. The van der Waals surface area contributed by atoms with Crippen molar-refractivity contribution >= 4 is 5.97 Å². The summed E-state index contributed by atoms with van der Waals surface area (Å²) in [6.45, 7) is 11.9. The standard InChI is InChI=1S/C47H76O21/c1-42(2)14-19-18-8-9-23-44(5)12-11-24(43(3,4)22(44)10-13-45(23,6)46(18,7)35(58)37(60)47(19,17-50)36(59)34(42)57)65-41-33(68-40-29(55)27(53)25(51)20(15-48)63-40)31(30(56)32(67-41)38(61)62)66-39-28(54)26(52)21(16-49)64-39/h8,19-37,39-41,48-60H,9-17H2,1-7H3,(H,61,62)/t19?,20?,21-,22?,23?,24-,25-,26?,27?,28?,29?,30-,31?,32?,33?,34-,35-,36-,37+,39?,40-,41+,44-,45+,46-,47+/m0/s1. The largest absolute Gasteiger partial charge is 0.479 e. The van der Waals surface area contributed by atoms with Crippen molar-refractivity contribution in [2.45, 2.75) is 204 Å². The first-order chi connectivity index (χ1) is 31.6. The molecule has 68 heavy (non-hydrogen) atoms. The summed E-state index contributed by atoms with van der Waals surface area (Å²) in [6.07, 6.45) is -26.4. The summed E-state index contributed by atoms with van der Waals surface area (Å²) in [5, 5.41) is 154. The molecule has 5 aliphatic carbocycles. The van der Waals surface area contributed by atoms with E-state index < -0.39 is 181 Å². The van der Waals surface area contributed by atoms with Gasteiger partial charge in [0, 0.05) is 5.41 Å². The van der Waals surface area contributed by atoms with E-state index in [9.17, 15) is 76.3 Å². The average molecular weight is 977 g/mol. The molecule has 0 aromatic heterocycles. The maximum absolute atomic E-state index is 12.8. The van der Waals surface area contributed by atoms with Crippen LogP contribution < -0.4 is 0 Å². The van der Waals surface area contributed by atoms with Crippen LogP contribution in [0, 0.1) is 50.2 Å². The van der Waals surface area contributed by atoms with Crippen LogP contribution in [0.4, 0.5) is 0 Å². The van der Waals surface area contributed by atoms with Crippen LogP contribution in [0.3, 0.4) is 0 Å². The molecular weight excluding hydrogens is 900 g/mol. The van der Waals surface area contributed by atoms with E-state index in [0.29, 0.717) is 38.5 Å². The van der Waals surface area contributed by atoms with Crippen LogP contribution >= 0.6 is 0 Å². The monoisotopic (exact) mass is 976 g/mol. The lowest BCUT2D eigenvalue weighted by molar-refractivity contribution is -0.386. The van der Waals surface area contributed by atoms with Crippen molar-refractivity contribution in [2.24, 2.45) is 50.2 Å². The number of carbonyl (C=O) groups is 1. The van der Waals surface area contributed by atoms with Crippen LogP contribution in [0.2, 0.25) is 0 Å². The molecule has 4 saturated carbocycles. The number of ether oxygens (including phenoxy) is 6. The molecule has 390 valence electrons. The molecule has 8 rings (SSSR count). The number of aliphatic carboxylic acids is 1. The van der Waals surface area contributed by atoms with E-state index in [1.807, 2.05) is 34.6 Å². The lowest BCUT2D eigenvalue weighted by Crippen LogP contribution is -2.76. The Kier molecular flexibility index (Phi) is 14.1. The topological polar surface area (TPSA) is 356 Å². The van der Waals surface area contributed by atoms with E-state index in [-0.39, 0.29) is 11.8 Å². The molecule has 21 heteroatoms. The first kappa shape index (κ1) is 52.8. The molecule has 21 nitrogen and oxygen atoms in total.